The van der Waals surface area contributed by atoms with Crippen molar-refractivity contribution < 1.29 is 27.6 Å². The van der Waals surface area contributed by atoms with Gasteiger partial charge >= 0.3 is 5.97 Å². The van der Waals surface area contributed by atoms with E-state index in [4.69, 9.17) is 9.57 Å². The maximum absolute atomic E-state index is 13.2. The molecular formula is C23H26N2O6S. The summed E-state index contributed by atoms with van der Waals surface area (Å²) in [6, 6.07) is 17.4. The van der Waals surface area contributed by atoms with E-state index in [1.807, 2.05) is 48.5 Å². The zero-order chi connectivity index (χ0) is 22.9. The van der Waals surface area contributed by atoms with Crippen LogP contribution in [0, 0.1) is 5.92 Å². The van der Waals surface area contributed by atoms with Crippen LogP contribution in [-0.4, -0.2) is 47.9 Å². The Morgan fingerprint density at radius 3 is 2.16 bits per heavy atom. The third-order valence-electron chi connectivity index (χ3n) is 6.11. The molecule has 2 aromatic rings. The molecule has 0 spiro atoms. The summed E-state index contributed by atoms with van der Waals surface area (Å²) in [7, 11) is -3.81. The maximum Gasteiger partial charge on any atom is 0.330 e. The smallest absolute Gasteiger partial charge is 0.330 e. The average molecular weight is 459 g/mol. The van der Waals surface area contributed by atoms with E-state index in [0.717, 1.165) is 16.0 Å². The molecule has 2 saturated heterocycles. The third-order valence-corrected chi connectivity index (χ3v) is 8.99. The van der Waals surface area contributed by atoms with E-state index in [-0.39, 0.29) is 19.8 Å². The number of nitrogens with one attached hydrogen (secondary N) is 1. The molecule has 2 fully saturated rings. The van der Waals surface area contributed by atoms with Gasteiger partial charge in [0.25, 0.3) is 0 Å². The Bertz CT molecular complexity index is 1090. The van der Waals surface area contributed by atoms with Crippen molar-refractivity contribution >= 4 is 21.7 Å². The first-order valence-electron chi connectivity index (χ1n) is 10.4. The third kappa shape index (κ3) is 3.80. The second-order valence-electron chi connectivity index (χ2n) is 8.51. The van der Waals surface area contributed by atoms with E-state index in [1.54, 1.807) is 12.1 Å². The van der Waals surface area contributed by atoms with Gasteiger partial charge in [-0.3, -0.25) is 9.63 Å². The van der Waals surface area contributed by atoms with E-state index < -0.39 is 43.8 Å². The van der Waals surface area contributed by atoms with Gasteiger partial charge in [-0.05, 0) is 25.0 Å². The second kappa shape index (κ2) is 8.65. The summed E-state index contributed by atoms with van der Waals surface area (Å²) in [6.07, 6.45) is 0. The highest BCUT2D eigenvalue weighted by molar-refractivity contribution is 7.93. The number of hydrogen-bond acceptors (Lipinski definition) is 7. The molecule has 1 N–H and O–H groups in total. The number of fused-ring (bicyclic) bond motifs is 1. The van der Waals surface area contributed by atoms with Crippen molar-refractivity contribution in [1.29, 1.82) is 0 Å². The van der Waals surface area contributed by atoms with E-state index >= 15 is 0 Å². The van der Waals surface area contributed by atoms with Gasteiger partial charge in [-0.2, -0.15) is 0 Å². The number of hydrogen-bond donors (Lipinski definition) is 1. The number of benzene rings is 2. The highest BCUT2D eigenvalue weighted by Crippen LogP contribution is 2.48. The molecule has 0 unspecified atom stereocenters. The SMILES string of the molecule is CC1(C)[C@H](C(=O)OCc2ccccc2)N2C(=O)[C@H](CNOCc3ccccc3)[C@H]2S1(=O)=O. The van der Waals surface area contributed by atoms with Crippen LogP contribution in [0.1, 0.15) is 25.0 Å². The number of ether oxygens (including phenoxy) is 1. The fourth-order valence-electron chi connectivity index (χ4n) is 4.24. The van der Waals surface area contributed by atoms with Gasteiger partial charge in [0.15, 0.2) is 9.84 Å². The van der Waals surface area contributed by atoms with Gasteiger partial charge in [-0.25, -0.2) is 18.7 Å². The van der Waals surface area contributed by atoms with Crippen molar-refractivity contribution in [3.05, 3.63) is 71.8 Å². The van der Waals surface area contributed by atoms with E-state index in [9.17, 15) is 18.0 Å². The molecule has 0 aliphatic carbocycles. The highest BCUT2D eigenvalue weighted by atomic mass is 32.2. The molecule has 0 radical (unpaired) electrons. The molecule has 2 aliphatic heterocycles. The van der Waals surface area contributed by atoms with Crippen LogP contribution in [0.2, 0.25) is 0 Å². The molecule has 2 heterocycles. The van der Waals surface area contributed by atoms with Crippen LogP contribution in [0.4, 0.5) is 0 Å². The minimum absolute atomic E-state index is 0.0112. The molecule has 2 aromatic carbocycles. The van der Waals surface area contributed by atoms with Crippen LogP contribution in [-0.2, 0) is 42.2 Å². The average Bonchev–Trinajstić information content (AvgIpc) is 2.93. The molecular weight excluding hydrogens is 432 g/mol. The van der Waals surface area contributed by atoms with Crippen molar-refractivity contribution in [2.24, 2.45) is 5.92 Å². The Balaban J connectivity index is 1.41. The standard InChI is InChI=1S/C23H26N2O6S/c1-23(2)19(22(27)30-14-16-9-5-3-6-10-16)25-20(26)18(21(25)32(23,28)29)13-24-31-15-17-11-7-4-8-12-17/h3-12,18-19,21,24H,13-15H2,1-2H3/t18-,19-,21+/m0/s1. The number of rotatable bonds is 8. The number of esters is 1. The molecule has 0 bridgehead atoms. The monoisotopic (exact) mass is 458 g/mol. The molecule has 32 heavy (non-hydrogen) atoms. The number of nitrogens with zero attached hydrogens (tertiary/aromatic N) is 1. The zero-order valence-electron chi connectivity index (χ0n) is 17.9. The summed E-state index contributed by atoms with van der Waals surface area (Å²) in [5, 5.41) is -1.08. The molecule has 2 aliphatic rings. The quantitative estimate of drug-likeness (QED) is 0.279. The van der Waals surface area contributed by atoms with Crippen LogP contribution in [0.3, 0.4) is 0 Å². The number of β-lactam (4-membered cyclic amide) rings is 1. The first kappa shape index (κ1) is 22.4. The van der Waals surface area contributed by atoms with Crippen molar-refractivity contribution in [3.8, 4) is 0 Å². The fourth-order valence-corrected chi connectivity index (χ4v) is 6.56. The van der Waals surface area contributed by atoms with Crippen LogP contribution in [0.5, 0.6) is 0 Å². The van der Waals surface area contributed by atoms with Crippen LogP contribution in [0.15, 0.2) is 60.7 Å². The topological polar surface area (TPSA) is 102 Å². The molecule has 3 atom stereocenters. The van der Waals surface area contributed by atoms with Gasteiger partial charge in [0.1, 0.15) is 18.0 Å². The van der Waals surface area contributed by atoms with Crippen molar-refractivity contribution in [1.82, 2.24) is 10.4 Å². The Hall–Kier alpha value is -2.75. The molecule has 8 nitrogen and oxygen atoms in total. The maximum atomic E-state index is 13.2. The fraction of sp³-hybridized carbons (Fsp3) is 0.391. The molecule has 1 amide bonds. The molecule has 0 saturated carbocycles. The summed E-state index contributed by atoms with van der Waals surface area (Å²) < 4.78 is 30.3. The predicted molar refractivity (Wildman–Crippen MR) is 116 cm³/mol. The van der Waals surface area contributed by atoms with Gasteiger partial charge < -0.3 is 9.64 Å². The second-order valence-corrected chi connectivity index (χ2v) is 11.1. The first-order chi connectivity index (χ1) is 15.2. The van der Waals surface area contributed by atoms with Gasteiger partial charge in [0.2, 0.25) is 5.91 Å². The summed E-state index contributed by atoms with van der Waals surface area (Å²) in [6.45, 7) is 3.27. The number of amides is 1. The summed E-state index contributed by atoms with van der Waals surface area (Å²) in [4.78, 5) is 32.2. The Morgan fingerprint density at radius 2 is 1.56 bits per heavy atom. The van der Waals surface area contributed by atoms with E-state index in [0.29, 0.717) is 0 Å². The Morgan fingerprint density at radius 1 is 1.00 bits per heavy atom. The van der Waals surface area contributed by atoms with E-state index in [2.05, 4.69) is 5.48 Å². The lowest BCUT2D eigenvalue weighted by atomic mass is 9.92. The lowest BCUT2D eigenvalue weighted by Gasteiger charge is -2.42. The van der Waals surface area contributed by atoms with Gasteiger partial charge in [0.05, 0.1) is 17.3 Å². The number of carbonyl (C=O) groups excluding carboxylic acids is 2. The molecule has 170 valence electrons. The summed E-state index contributed by atoms with van der Waals surface area (Å²) >= 11 is 0. The Kier molecular flexibility index (Phi) is 6.07. The normalized spacial score (nSPS) is 25.1. The first-order valence-corrected chi connectivity index (χ1v) is 11.9. The van der Waals surface area contributed by atoms with Gasteiger partial charge in [0, 0.05) is 6.54 Å². The van der Waals surface area contributed by atoms with Gasteiger partial charge in [-0.15, -0.1) is 0 Å². The van der Waals surface area contributed by atoms with Gasteiger partial charge in [-0.1, -0.05) is 60.7 Å². The molecule has 0 aromatic heterocycles. The van der Waals surface area contributed by atoms with Crippen molar-refractivity contribution in [3.63, 3.8) is 0 Å². The minimum atomic E-state index is -3.81. The summed E-state index contributed by atoms with van der Waals surface area (Å²) in [5.41, 5.74) is 4.43. The van der Waals surface area contributed by atoms with Crippen molar-refractivity contribution in [2.75, 3.05) is 6.54 Å². The Labute approximate surface area is 187 Å². The van der Waals surface area contributed by atoms with Crippen molar-refractivity contribution in [2.45, 2.75) is 43.2 Å². The molecule has 4 rings (SSSR count). The minimum Gasteiger partial charge on any atom is -0.459 e. The predicted octanol–water partition coefficient (Wildman–Crippen LogP) is 1.81. The van der Waals surface area contributed by atoms with Crippen LogP contribution >= 0.6 is 0 Å². The largest absolute Gasteiger partial charge is 0.459 e. The highest BCUT2D eigenvalue weighted by Gasteiger charge is 2.72. The van der Waals surface area contributed by atoms with Crippen LogP contribution in [0.25, 0.3) is 0 Å². The lowest BCUT2D eigenvalue weighted by Crippen LogP contribution is -2.65. The number of sulfone groups is 1. The van der Waals surface area contributed by atoms with E-state index in [1.165, 1.54) is 13.8 Å². The van der Waals surface area contributed by atoms with Crippen LogP contribution < -0.4 is 5.48 Å². The number of carbonyl (C=O) groups is 2. The molecule has 9 heteroatoms. The number of hydroxylamine groups is 1. The zero-order valence-corrected chi connectivity index (χ0v) is 18.7. The summed E-state index contributed by atoms with van der Waals surface area (Å²) in [5.74, 6) is -1.94. The lowest BCUT2D eigenvalue weighted by molar-refractivity contribution is -0.168.